The van der Waals surface area contributed by atoms with Gasteiger partial charge in [0.1, 0.15) is 23.1 Å². The summed E-state index contributed by atoms with van der Waals surface area (Å²) in [6.45, 7) is 0.231. The Morgan fingerprint density at radius 2 is 1.55 bits per heavy atom. The summed E-state index contributed by atoms with van der Waals surface area (Å²) in [4.78, 5) is 24.4. The van der Waals surface area contributed by atoms with Crippen LogP contribution >= 0.6 is 0 Å². The molecule has 0 bridgehead atoms. The van der Waals surface area contributed by atoms with Crippen LogP contribution < -0.4 is 10.6 Å². The second-order valence-electron chi connectivity index (χ2n) is 6.21. The van der Waals surface area contributed by atoms with Gasteiger partial charge < -0.3 is 10.6 Å². The lowest BCUT2D eigenvalue weighted by Gasteiger charge is -2.08. The molecule has 0 radical (unpaired) electrons. The number of aromatic nitrogens is 2. The normalized spacial score (nSPS) is 10.6. The number of carbonyl (C=O) groups is 2. The van der Waals surface area contributed by atoms with Gasteiger partial charge in [-0.2, -0.15) is 5.10 Å². The fourth-order valence-electron chi connectivity index (χ4n) is 2.69. The summed E-state index contributed by atoms with van der Waals surface area (Å²) in [5.74, 6) is -2.93. The molecule has 2 amide bonds. The van der Waals surface area contributed by atoms with E-state index < -0.39 is 29.3 Å². The molecule has 1 aromatic heterocycles. The molecule has 0 fully saturated rings. The Labute approximate surface area is 164 Å². The van der Waals surface area contributed by atoms with E-state index in [0.717, 1.165) is 12.1 Å². The summed E-state index contributed by atoms with van der Waals surface area (Å²) >= 11 is 0. The number of rotatable bonds is 6. The van der Waals surface area contributed by atoms with Crippen molar-refractivity contribution in [1.29, 1.82) is 0 Å². The zero-order chi connectivity index (χ0) is 21.0. The third-order valence-corrected chi connectivity index (χ3v) is 4.06. The van der Waals surface area contributed by atoms with Crippen molar-refractivity contribution in [2.24, 2.45) is 7.05 Å². The highest BCUT2D eigenvalue weighted by Crippen LogP contribution is 2.25. The maximum atomic E-state index is 14.1. The number of halogens is 3. The van der Waals surface area contributed by atoms with E-state index in [1.807, 2.05) is 0 Å². The first kappa shape index (κ1) is 20.1. The first-order valence-electron chi connectivity index (χ1n) is 8.66. The molecule has 2 aromatic carbocycles. The molecule has 29 heavy (non-hydrogen) atoms. The van der Waals surface area contributed by atoms with Crippen molar-refractivity contribution in [3.63, 3.8) is 0 Å². The molecule has 1 heterocycles. The average molecular weight is 402 g/mol. The van der Waals surface area contributed by atoms with Gasteiger partial charge in [0, 0.05) is 43.5 Å². The summed E-state index contributed by atoms with van der Waals surface area (Å²) < 4.78 is 41.5. The van der Waals surface area contributed by atoms with E-state index in [1.165, 1.54) is 41.2 Å². The fourth-order valence-corrected chi connectivity index (χ4v) is 2.69. The highest BCUT2D eigenvalue weighted by molar-refractivity contribution is 6.00. The maximum Gasteiger partial charge on any atom is 0.255 e. The van der Waals surface area contributed by atoms with Crippen molar-refractivity contribution in [2.45, 2.75) is 0 Å². The van der Waals surface area contributed by atoms with Gasteiger partial charge in [-0.3, -0.25) is 14.3 Å². The van der Waals surface area contributed by atoms with Crippen LogP contribution in [0.3, 0.4) is 0 Å². The largest absolute Gasteiger partial charge is 0.350 e. The Kier molecular flexibility index (Phi) is 5.96. The molecule has 0 saturated heterocycles. The number of hydrogen-bond donors (Lipinski definition) is 2. The van der Waals surface area contributed by atoms with Crippen LogP contribution in [-0.4, -0.2) is 34.7 Å². The van der Waals surface area contributed by atoms with Gasteiger partial charge >= 0.3 is 0 Å². The van der Waals surface area contributed by atoms with Crippen LogP contribution in [0.2, 0.25) is 0 Å². The number of carbonyl (C=O) groups excluding carboxylic acids is 2. The van der Waals surface area contributed by atoms with Crippen LogP contribution in [0.25, 0.3) is 11.3 Å². The van der Waals surface area contributed by atoms with Crippen LogP contribution in [0.15, 0.2) is 48.7 Å². The molecule has 0 spiro atoms. The van der Waals surface area contributed by atoms with Crippen LogP contribution in [0.5, 0.6) is 0 Å². The highest BCUT2D eigenvalue weighted by Gasteiger charge is 2.20. The Bertz CT molecular complexity index is 1050. The lowest BCUT2D eigenvalue weighted by atomic mass is 10.1. The first-order valence-corrected chi connectivity index (χ1v) is 8.66. The van der Waals surface area contributed by atoms with Crippen LogP contribution in [0, 0.1) is 17.5 Å². The Balaban J connectivity index is 1.61. The predicted molar refractivity (Wildman–Crippen MR) is 99.6 cm³/mol. The van der Waals surface area contributed by atoms with E-state index in [-0.39, 0.29) is 29.9 Å². The minimum Gasteiger partial charge on any atom is -0.350 e. The summed E-state index contributed by atoms with van der Waals surface area (Å²) in [6, 6.07) is 8.07. The van der Waals surface area contributed by atoms with Gasteiger partial charge in [-0.05, 0) is 36.4 Å². The molecule has 3 aromatic rings. The van der Waals surface area contributed by atoms with Crippen molar-refractivity contribution in [3.05, 3.63) is 77.2 Å². The molecule has 6 nitrogen and oxygen atoms in total. The molecule has 2 N–H and O–H groups in total. The molecular formula is C20H17F3N4O2. The lowest BCUT2D eigenvalue weighted by Crippen LogP contribution is -2.34. The van der Waals surface area contributed by atoms with E-state index in [1.54, 1.807) is 7.05 Å². The number of amides is 2. The SMILES string of the molecule is Cn1cc(C(=O)NCCNC(=O)c2ccc(F)cc2)c(-c2ccc(F)cc2F)n1. The monoisotopic (exact) mass is 402 g/mol. The molecule has 0 aliphatic rings. The maximum absolute atomic E-state index is 14.1. The zero-order valence-electron chi connectivity index (χ0n) is 15.4. The molecule has 9 heteroatoms. The Hall–Kier alpha value is -3.62. The van der Waals surface area contributed by atoms with Gasteiger partial charge in [-0.1, -0.05) is 0 Å². The molecule has 150 valence electrons. The Morgan fingerprint density at radius 3 is 2.21 bits per heavy atom. The highest BCUT2D eigenvalue weighted by atomic mass is 19.1. The third-order valence-electron chi connectivity index (χ3n) is 4.06. The average Bonchev–Trinajstić information content (AvgIpc) is 3.07. The number of nitrogens with one attached hydrogen (secondary N) is 2. The summed E-state index contributed by atoms with van der Waals surface area (Å²) in [6.07, 6.45) is 1.42. The molecule has 0 saturated carbocycles. The van der Waals surface area contributed by atoms with Gasteiger partial charge in [0.2, 0.25) is 0 Å². The standard InChI is InChI=1S/C20H17F3N4O2/c1-27-11-16(18(26-27)15-7-6-14(22)10-17(15)23)20(29)25-9-8-24-19(28)12-2-4-13(21)5-3-12/h2-7,10-11H,8-9H2,1H3,(H,24,28)(H,25,29). The van der Waals surface area contributed by atoms with E-state index in [4.69, 9.17) is 0 Å². The quantitative estimate of drug-likeness (QED) is 0.623. The number of aryl methyl sites for hydroxylation is 1. The summed E-state index contributed by atoms with van der Waals surface area (Å²) in [5, 5.41) is 9.29. The predicted octanol–water partition coefficient (Wildman–Crippen LogP) is 2.66. The van der Waals surface area contributed by atoms with E-state index in [0.29, 0.717) is 5.56 Å². The van der Waals surface area contributed by atoms with Crippen LogP contribution in [-0.2, 0) is 7.05 Å². The zero-order valence-corrected chi connectivity index (χ0v) is 15.4. The van der Waals surface area contributed by atoms with Crippen molar-refractivity contribution >= 4 is 11.8 Å². The summed E-state index contributed by atoms with van der Waals surface area (Å²) in [7, 11) is 1.57. The van der Waals surface area contributed by atoms with Crippen molar-refractivity contribution < 1.29 is 22.8 Å². The second-order valence-corrected chi connectivity index (χ2v) is 6.21. The number of benzene rings is 2. The lowest BCUT2D eigenvalue weighted by molar-refractivity contribution is 0.0928. The Morgan fingerprint density at radius 1 is 0.931 bits per heavy atom. The molecule has 0 aliphatic carbocycles. The number of nitrogens with zero attached hydrogens (tertiary/aromatic N) is 2. The van der Waals surface area contributed by atoms with E-state index in [2.05, 4.69) is 15.7 Å². The van der Waals surface area contributed by atoms with Crippen molar-refractivity contribution in [1.82, 2.24) is 20.4 Å². The molecular weight excluding hydrogens is 385 g/mol. The van der Waals surface area contributed by atoms with E-state index >= 15 is 0 Å². The van der Waals surface area contributed by atoms with Crippen molar-refractivity contribution in [2.75, 3.05) is 13.1 Å². The molecule has 0 atom stereocenters. The van der Waals surface area contributed by atoms with Crippen LogP contribution in [0.1, 0.15) is 20.7 Å². The second kappa shape index (κ2) is 8.59. The topological polar surface area (TPSA) is 76.0 Å². The van der Waals surface area contributed by atoms with Crippen molar-refractivity contribution in [3.8, 4) is 11.3 Å². The van der Waals surface area contributed by atoms with Gasteiger partial charge in [-0.15, -0.1) is 0 Å². The molecule has 0 unspecified atom stereocenters. The molecule has 0 aliphatic heterocycles. The van der Waals surface area contributed by atoms with Gasteiger partial charge in [0.25, 0.3) is 11.8 Å². The number of hydrogen-bond acceptors (Lipinski definition) is 3. The van der Waals surface area contributed by atoms with Gasteiger partial charge in [-0.25, -0.2) is 13.2 Å². The molecule has 3 rings (SSSR count). The summed E-state index contributed by atoms with van der Waals surface area (Å²) in [5.41, 5.74) is 0.488. The smallest absolute Gasteiger partial charge is 0.255 e. The fraction of sp³-hybridized carbons (Fsp3) is 0.150. The van der Waals surface area contributed by atoms with Gasteiger partial charge in [0.15, 0.2) is 0 Å². The third kappa shape index (κ3) is 4.81. The van der Waals surface area contributed by atoms with E-state index in [9.17, 15) is 22.8 Å². The minimum atomic E-state index is -0.829. The van der Waals surface area contributed by atoms with Gasteiger partial charge in [0.05, 0.1) is 5.56 Å². The first-order chi connectivity index (χ1) is 13.8. The van der Waals surface area contributed by atoms with Crippen LogP contribution in [0.4, 0.5) is 13.2 Å². The minimum absolute atomic E-state index is 0.00163.